The fourth-order valence-electron chi connectivity index (χ4n) is 5.89. The molecule has 4 heterocycles. The molecule has 0 aliphatic heterocycles. The molecule has 1 N–H and O–H groups in total. The van der Waals surface area contributed by atoms with Crippen molar-refractivity contribution in [2.24, 2.45) is 10.8 Å². The van der Waals surface area contributed by atoms with Crippen molar-refractivity contribution in [1.29, 1.82) is 0 Å². The van der Waals surface area contributed by atoms with Gasteiger partial charge in [-0.15, -0.1) is 34.9 Å². The van der Waals surface area contributed by atoms with Gasteiger partial charge in [0.25, 0.3) is 0 Å². The second-order valence-corrected chi connectivity index (χ2v) is 16.1. The Kier molecular flexibility index (Phi) is 11.5. The van der Waals surface area contributed by atoms with E-state index in [0.29, 0.717) is 0 Å². The quantitative estimate of drug-likeness (QED) is 0.0937. The summed E-state index contributed by atoms with van der Waals surface area (Å²) in [5, 5.41) is 16.7. The number of fused-ring (bicyclic) bond motifs is 6. The van der Waals surface area contributed by atoms with E-state index in [0.717, 1.165) is 74.5 Å². The summed E-state index contributed by atoms with van der Waals surface area (Å²) in [7, 11) is 0. The van der Waals surface area contributed by atoms with Crippen LogP contribution in [0.1, 0.15) is 99.1 Å². The van der Waals surface area contributed by atoms with E-state index in [9.17, 15) is 9.90 Å². The fourth-order valence-corrected chi connectivity index (χ4v) is 8.01. The molecule has 0 saturated heterocycles. The molecule has 0 aliphatic rings. The van der Waals surface area contributed by atoms with Gasteiger partial charge in [0.05, 0.1) is 6.26 Å². The van der Waals surface area contributed by atoms with E-state index < -0.39 is 0 Å². The Morgan fingerprint density at radius 2 is 1.62 bits per heavy atom. The molecular weight excluding hydrogens is 813 g/mol. The number of aliphatic hydroxyl groups is 1. The van der Waals surface area contributed by atoms with Crippen LogP contribution in [0.15, 0.2) is 58.5 Å². The number of nitrogens with zero attached hydrogens (tertiary/aromatic N) is 2. The molecule has 48 heavy (non-hydrogen) atoms. The van der Waals surface area contributed by atoms with Crippen LogP contribution in [0.4, 0.5) is 0 Å². The summed E-state index contributed by atoms with van der Waals surface area (Å²) in [6.07, 6.45) is 8.25. The molecule has 1 radical (unpaired) electrons. The Balaban J connectivity index is 0.000000251. The molecule has 0 bridgehead atoms. The number of benzene rings is 2. The molecule has 5 nitrogen and oxygen atoms in total. The summed E-state index contributed by atoms with van der Waals surface area (Å²) >= 11 is 3.47. The van der Waals surface area contributed by atoms with E-state index in [-0.39, 0.29) is 47.9 Å². The number of carbonyl (C=O) groups excluding carboxylic acids is 1. The first-order valence-corrected chi connectivity index (χ1v) is 18.3. The number of thiophene rings is 2. The van der Waals surface area contributed by atoms with Crippen LogP contribution in [0.2, 0.25) is 0 Å². The number of hydrogen-bond donors (Lipinski definition) is 1. The van der Waals surface area contributed by atoms with Gasteiger partial charge in [-0.2, -0.15) is 11.3 Å². The first kappa shape index (κ1) is 37.9. The minimum Gasteiger partial charge on any atom is -0.512 e. The van der Waals surface area contributed by atoms with Crippen molar-refractivity contribution >= 4 is 69.8 Å². The second-order valence-electron chi connectivity index (χ2n) is 14.2. The van der Waals surface area contributed by atoms with Crippen LogP contribution in [0.5, 0.6) is 0 Å². The maximum Gasteiger partial charge on any atom is 0.164 e. The molecule has 4 aromatic heterocycles. The molecule has 8 heteroatoms. The Labute approximate surface area is 306 Å². The first-order valence-electron chi connectivity index (χ1n) is 16.6. The van der Waals surface area contributed by atoms with Crippen LogP contribution in [0, 0.1) is 23.8 Å². The van der Waals surface area contributed by atoms with Crippen molar-refractivity contribution in [2.75, 3.05) is 0 Å². The summed E-state index contributed by atoms with van der Waals surface area (Å²) in [5.74, 6) is 0.286. The second kappa shape index (κ2) is 14.5. The van der Waals surface area contributed by atoms with Gasteiger partial charge in [-0.1, -0.05) is 73.4 Å². The average molecular weight is 860 g/mol. The maximum absolute atomic E-state index is 12.2. The molecule has 0 amide bonds. The largest absolute Gasteiger partial charge is 0.512 e. The zero-order valence-corrected chi connectivity index (χ0v) is 33.8. The summed E-state index contributed by atoms with van der Waals surface area (Å²) in [6.45, 7) is 20.9. The van der Waals surface area contributed by atoms with Gasteiger partial charge in [0.1, 0.15) is 22.5 Å². The Hall–Kier alpha value is -2.90. The number of aliphatic hydroxyl groups excluding tert-OH is 1. The van der Waals surface area contributed by atoms with E-state index in [2.05, 4.69) is 68.4 Å². The molecule has 0 fully saturated rings. The number of ketones is 1. The van der Waals surface area contributed by atoms with Crippen LogP contribution < -0.4 is 0 Å². The summed E-state index contributed by atoms with van der Waals surface area (Å²) < 4.78 is 8.47. The number of carbonyl (C=O) groups is 1. The normalized spacial score (nSPS) is 12.8. The number of furan rings is 1. The maximum atomic E-state index is 12.2. The predicted molar refractivity (Wildman–Crippen MR) is 201 cm³/mol. The third-order valence-electron chi connectivity index (χ3n) is 10.3. The van der Waals surface area contributed by atoms with Crippen molar-refractivity contribution in [1.82, 2.24) is 9.97 Å². The van der Waals surface area contributed by atoms with Crippen LogP contribution >= 0.6 is 22.7 Å². The Bertz CT molecular complexity index is 2100. The van der Waals surface area contributed by atoms with Crippen molar-refractivity contribution in [3.63, 3.8) is 0 Å². The molecule has 6 aromatic rings. The molecule has 257 valence electrons. The number of allylic oxidation sites excluding steroid dienone is 2. The topological polar surface area (TPSA) is 76.2 Å². The van der Waals surface area contributed by atoms with E-state index in [4.69, 9.17) is 9.40 Å². The van der Waals surface area contributed by atoms with E-state index >= 15 is 0 Å². The first-order chi connectivity index (χ1) is 22.2. The third-order valence-corrected chi connectivity index (χ3v) is 12.3. The minimum atomic E-state index is -0.337. The number of hydrogen-bond acceptors (Lipinski definition) is 7. The Morgan fingerprint density at radius 1 is 0.958 bits per heavy atom. The summed E-state index contributed by atoms with van der Waals surface area (Å²) in [6, 6.07) is 12.3. The molecule has 0 aliphatic carbocycles. The third kappa shape index (κ3) is 6.92. The van der Waals surface area contributed by atoms with Gasteiger partial charge in [0.2, 0.25) is 0 Å². The van der Waals surface area contributed by atoms with Gasteiger partial charge in [0, 0.05) is 63.6 Å². The predicted octanol–water partition coefficient (Wildman–Crippen LogP) is 12.5. The van der Waals surface area contributed by atoms with Crippen LogP contribution in [-0.4, -0.2) is 20.9 Å². The summed E-state index contributed by atoms with van der Waals surface area (Å²) in [4.78, 5) is 22.5. The molecule has 0 spiro atoms. The standard InChI is InChI=1S/C25H19N2OS2.C15H28O2.Ir/c1-13-11-28-22-16(13)5-6-18-19(22)20-21(26-12-27-24(20)30-18)15-9-14-7-8-29-23(14)17(10-15)25(2,3)4;1-7-14(5,8-2)12(16)11-13(17)15(6,9-3)10-4;/h5-8,10-12H,1-4H3;11,16H,7-10H2,1-6H3;/q-1;;/b;12-11-;. The van der Waals surface area contributed by atoms with Crippen molar-refractivity contribution in [3.05, 3.63) is 71.3 Å². The zero-order chi connectivity index (χ0) is 34.3. The van der Waals surface area contributed by atoms with Crippen LogP contribution in [0.25, 0.3) is 52.6 Å². The molecular formula is C40H47IrN2O3S2-. The van der Waals surface area contributed by atoms with Crippen molar-refractivity contribution in [3.8, 4) is 11.3 Å². The van der Waals surface area contributed by atoms with Crippen LogP contribution in [0.3, 0.4) is 0 Å². The van der Waals surface area contributed by atoms with Gasteiger partial charge in [-0.3, -0.25) is 9.78 Å². The van der Waals surface area contributed by atoms with E-state index in [1.54, 1.807) is 29.0 Å². The monoisotopic (exact) mass is 860 g/mol. The number of aryl methyl sites for hydroxylation is 1. The molecule has 2 aromatic carbocycles. The minimum absolute atomic E-state index is 0. The van der Waals surface area contributed by atoms with E-state index in [1.165, 1.54) is 21.0 Å². The molecule has 6 rings (SSSR count). The van der Waals surface area contributed by atoms with Crippen molar-refractivity contribution < 1.29 is 34.4 Å². The van der Waals surface area contributed by atoms with E-state index in [1.807, 2.05) is 47.8 Å². The molecule has 0 atom stereocenters. The van der Waals surface area contributed by atoms with Crippen molar-refractivity contribution in [2.45, 2.75) is 100 Å². The van der Waals surface area contributed by atoms with Gasteiger partial charge in [-0.05, 0) is 65.8 Å². The molecule has 0 saturated carbocycles. The number of rotatable bonds is 8. The smallest absolute Gasteiger partial charge is 0.164 e. The van der Waals surface area contributed by atoms with Gasteiger partial charge < -0.3 is 9.52 Å². The number of aromatic nitrogens is 2. The SMILES string of the molecule is CCC(C)(CC)C(=O)/C=C(\O)C(C)(CC)CC.Cc1coc2c1ccc1sc3ncnc(-c4[c-]c5ccsc5c(C(C)(C)C)c4)c3c12.[Ir]. The van der Waals surface area contributed by atoms with Crippen LogP contribution in [-0.2, 0) is 30.3 Å². The fraction of sp³-hybridized carbons (Fsp3) is 0.425. The summed E-state index contributed by atoms with van der Waals surface area (Å²) in [5.41, 5.74) is 4.75. The van der Waals surface area contributed by atoms with Gasteiger partial charge in [-0.25, -0.2) is 4.98 Å². The zero-order valence-electron chi connectivity index (χ0n) is 29.8. The molecule has 0 unspecified atom stereocenters. The Morgan fingerprint density at radius 3 is 2.25 bits per heavy atom. The van der Waals surface area contributed by atoms with Gasteiger partial charge >= 0.3 is 0 Å². The van der Waals surface area contributed by atoms with Gasteiger partial charge in [0.15, 0.2) is 5.78 Å². The average Bonchev–Trinajstić information content (AvgIpc) is 3.79.